The summed E-state index contributed by atoms with van der Waals surface area (Å²) < 4.78 is 69.5. The molecule has 11 heteroatoms. The van der Waals surface area contributed by atoms with Gasteiger partial charge in [-0.2, -0.15) is 27.1 Å². The molecule has 1 amide bonds. The summed E-state index contributed by atoms with van der Waals surface area (Å²) in [6.45, 7) is -0.00201. The number of nitrogens with one attached hydrogen (secondary N) is 1. The van der Waals surface area contributed by atoms with Crippen molar-refractivity contribution in [2.24, 2.45) is 0 Å². The maximum Gasteiger partial charge on any atom is 0.436 e. The molecule has 0 spiro atoms. The van der Waals surface area contributed by atoms with Gasteiger partial charge < -0.3 is 10.1 Å². The number of alkyl halides is 5. The standard InChI is InChI=1S/C18H17ClF5N3O2/c1-8-7-11(29-17(20)21)5-6-12(8)25-16(28)9(2)27-14(10-3-4-10)13(19)15(26-27)18(22,23)24/h5-7,9-10,17H,3-4H2,1-2H3,(H,25,28). The number of aryl methyl sites for hydroxylation is 1. The van der Waals surface area contributed by atoms with Crippen molar-refractivity contribution < 1.29 is 31.5 Å². The van der Waals surface area contributed by atoms with Crippen LogP contribution in [0.15, 0.2) is 18.2 Å². The zero-order valence-corrected chi connectivity index (χ0v) is 16.1. The lowest BCUT2D eigenvalue weighted by atomic mass is 10.1. The van der Waals surface area contributed by atoms with E-state index in [1.54, 1.807) is 6.92 Å². The molecule has 29 heavy (non-hydrogen) atoms. The minimum Gasteiger partial charge on any atom is -0.435 e. The van der Waals surface area contributed by atoms with Crippen molar-refractivity contribution in [2.45, 2.75) is 51.4 Å². The van der Waals surface area contributed by atoms with Crippen LogP contribution in [0.1, 0.15) is 48.7 Å². The third-order valence-electron chi connectivity index (χ3n) is 4.55. The molecule has 1 aromatic carbocycles. The van der Waals surface area contributed by atoms with E-state index in [0.717, 1.165) is 4.68 Å². The Balaban J connectivity index is 1.84. The molecule has 0 saturated heterocycles. The van der Waals surface area contributed by atoms with Gasteiger partial charge in [0.25, 0.3) is 0 Å². The number of ether oxygens (including phenoxy) is 1. The van der Waals surface area contributed by atoms with Crippen LogP contribution in [0.3, 0.4) is 0 Å². The molecular weight excluding hydrogens is 421 g/mol. The first-order chi connectivity index (χ1) is 13.5. The summed E-state index contributed by atoms with van der Waals surface area (Å²) in [5.41, 5.74) is -0.268. The van der Waals surface area contributed by atoms with Crippen molar-refractivity contribution in [3.8, 4) is 5.75 Å². The first-order valence-corrected chi connectivity index (χ1v) is 9.08. The van der Waals surface area contributed by atoms with Gasteiger partial charge in [-0.15, -0.1) is 0 Å². The highest BCUT2D eigenvalue weighted by Crippen LogP contribution is 2.47. The van der Waals surface area contributed by atoms with Gasteiger partial charge in [-0.25, -0.2) is 0 Å². The normalized spacial score (nSPS) is 15.5. The lowest BCUT2D eigenvalue weighted by molar-refractivity contribution is -0.141. The molecule has 1 aromatic heterocycles. The number of amides is 1. The molecule has 2 aromatic rings. The molecule has 0 aliphatic heterocycles. The molecule has 158 valence electrons. The summed E-state index contributed by atoms with van der Waals surface area (Å²) in [7, 11) is 0. The summed E-state index contributed by atoms with van der Waals surface area (Å²) >= 11 is 5.93. The fourth-order valence-electron chi connectivity index (χ4n) is 2.93. The molecule has 1 aliphatic carbocycles. The van der Waals surface area contributed by atoms with E-state index in [0.29, 0.717) is 24.1 Å². The smallest absolute Gasteiger partial charge is 0.435 e. The van der Waals surface area contributed by atoms with Crippen LogP contribution in [0.2, 0.25) is 5.02 Å². The SMILES string of the molecule is Cc1cc(OC(F)F)ccc1NC(=O)C(C)n1nc(C(F)(F)F)c(Cl)c1C1CC1. The zero-order valence-electron chi connectivity index (χ0n) is 15.4. The molecule has 1 N–H and O–H groups in total. The van der Waals surface area contributed by atoms with Crippen molar-refractivity contribution in [3.63, 3.8) is 0 Å². The summed E-state index contributed by atoms with van der Waals surface area (Å²) in [5, 5.41) is 5.66. The number of carbonyl (C=O) groups is 1. The summed E-state index contributed by atoms with van der Waals surface area (Å²) in [6.07, 6.45) is -3.40. The maximum atomic E-state index is 13.2. The lowest BCUT2D eigenvalue weighted by Gasteiger charge is -2.17. The fourth-order valence-corrected chi connectivity index (χ4v) is 3.31. The van der Waals surface area contributed by atoms with E-state index in [9.17, 15) is 26.7 Å². The molecule has 1 fully saturated rings. The number of hydrogen-bond donors (Lipinski definition) is 1. The Morgan fingerprint density at radius 2 is 2.00 bits per heavy atom. The molecular formula is C18H17ClF5N3O2. The van der Waals surface area contributed by atoms with Gasteiger partial charge in [0, 0.05) is 11.6 Å². The van der Waals surface area contributed by atoms with E-state index in [-0.39, 0.29) is 17.4 Å². The largest absolute Gasteiger partial charge is 0.436 e. The predicted molar refractivity (Wildman–Crippen MR) is 95.4 cm³/mol. The molecule has 1 saturated carbocycles. The highest BCUT2D eigenvalue weighted by molar-refractivity contribution is 6.32. The number of hydrogen-bond acceptors (Lipinski definition) is 3. The van der Waals surface area contributed by atoms with Gasteiger partial charge in [0.2, 0.25) is 5.91 Å². The Bertz CT molecular complexity index is 925. The number of anilines is 1. The monoisotopic (exact) mass is 437 g/mol. The molecule has 1 atom stereocenters. The second-order valence-electron chi connectivity index (χ2n) is 6.78. The van der Waals surface area contributed by atoms with Crippen LogP contribution in [0.4, 0.5) is 27.6 Å². The lowest BCUT2D eigenvalue weighted by Crippen LogP contribution is -2.26. The molecule has 3 rings (SSSR count). The molecule has 0 bridgehead atoms. The van der Waals surface area contributed by atoms with E-state index >= 15 is 0 Å². The topological polar surface area (TPSA) is 56.1 Å². The van der Waals surface area contributed by atoms with E-state index in [1.165, 1.54) is 25.1 Å². The number of halogens is 6. The van der Waals surface area contributed by atoms with E-state index in [2.05, 4.69) is 15.2 Å². The average Bonchev–Trinajstić information content (AvgIpc) is 3.37. The Hall–Kier alpha value is -2.36. The minimum absolute atomic E-state index is 0.0757. The number of rotatable bonds is 6. The van der Waals surface area contributed by atoms with Crippen molar-refractivity contribution >= 4 is 23.2 Å². The first-order valence-electron chi connectivity index (χ1n) is 8.70. The number of benzene rings is 1. The van der Waals surface area contributed by atoms with Crippen LogP contribution in [0, 0.1) is 6.92 Å². The average molecular weight is 438 g/mol. The minimum atomic E-state index is -4.74. The Morgan fingerprint density at radius 3 is 2.52 bits per heavy atom. The zero-order chi connectivity index (χ0) is 21.5. The van der Waals surface area contributed by atoms with Crippen molar-refractivity contribution in [2.75, 3.05) is 5.32 Å². The summed E-state index contributed by atoms with van der Waals surface area (Å²) in [6, 6.07) is 2.86. The second-order valence-corrected chi connectivity index (χ2v) is 7.16. The van der Waals surface area contributed by atoms with Crippen molar-refractivity contribution in [1.29, 1.82) is 0 Å². The van der Waals surface area contributed by atoms with E-state index in [4.69, 9.17) is 11.6 Å². The molecule has 5 nitrogen and oxygen atoms in total. The highest BCUT2D eigenvalue weighted by Gasteiger charge is 2.43. The van der Waals surface area contributed by atoms with Crippen LogP contribution < -0.4 is 10.1 Å². The molecule has 0 radical (unpaired) electrons. The quantitative estimate of drug-likeness (QED) is 0.603. The molecule has 1 unspecified atom stereocenters. The number of nitrogens with zero attached hydrogens (tertiary/aromatic N) is 2. The van der Waals surface area contributed by atoms with Gasteiger partial charge in [0.05, 0.1) is 10.7 Å². The van der Waals surface area contributed by atoms with Gasteiger partial charge >= 0.3 is 12.8 Å². The number of carbonyl (C=O) groups excluding carboxylic acids is 1. The van der Waals surface area contributed by atoms with Crippen LogP contribution >= 0.6 is 11.6 Å². The van der Waals surface area contributed by atoms with Crippen LogP contribution in [-0.4, -0.2) is 22.3 Å². The fraction of sp³-hybridized carbons (Fsp3) is 0.444. The van der Waals surface area contributed by atoms with Crippen LogP contribution in [0.5, 0.6) is 5.75 Å². The third kappa shape index (κ3) is 4.63. The van der Waals surface area contributed by atoms with E-state index < -0.39 is 35.5 Å². The van der Waals surface area contributed by atoms with Crippen LogP contribution in [-0.2, 0) is 11.0 Å². The maximum absolute atomic E-state index is 13.2. The van der Waals surface area contributed by atoms with Crippen molar-refractivity contribution in [3.05, 3.63) is 40.2 Å². The predicted octanol–water partition coefficient (Wildman–Crippen LogP) is 5.54. The highest BCUT2D eigenvalue weighted by atomic mass is 35.5. The molecule has 1 aliphatic rings. The third-order valence-corrected chi connectivity index (χ3v) is 4.92. The first kappa shape index (κ1) is 21.4. The number of aromatic nitrogens is 2. The van der Waals surface area contributed by atoms with Crippen LogP contribution in [0.25, 0.3) is 0 Å². The summed E-state index contributed by atoms with van der Waals surface area (Å²) in [5.74, 6) is -0.868. The van der Waals surface area contributed by atoms with Gasteiger partial charge in [0.15, 0.2) is 5.69 Å². The second kappa shape index (κ2) is 7.81. The Labute approximate surface area is 167 Å². The Kier molecular flexibility index (Phi) is 5.75. The van der Waals surface area contributed by atoms with Gasteiger partial charge in [-0.1, -0.05) is 11.6 Å². The summed E-state index contributed by atoms with van der Waals surface area (Å²) in [4.78, 5) is 12.6. The van der Waals surface area contributed by atoms with E-state index in [1.807, 2.05) is 0 Å². The van der Waals surface area contributed by atoms with Gasteiger partial charge in [-0.05, 0) is 50.5 Å². The van der Waals surface area contributed by atoms with Gasteiger partial charge in [-0.3, -0.25) is 9.48 Å². The molecule has 1 heterocycles. The Morgan fingerprint density at radius 1 is 1.34 bits per heavy atom. The van der Waals surface area contributed by atoms with Gasteiger partial charge in [0.1, 0.15) is 11.8 Å². The van der Waals surface area contributed by atoms with Crippen molar-refractivity contribution in [1.82, 2.24) is 9.78 Å².